The lowest BCUT2D eigenvalue weighted by atomic mass is 9.92. The molecule has 2 aliphatic rings. The van der Waals surface area contributed by atoms with Crippen molar-refractivity contribution in [2.45, 2.75) is 38.1 Å². The Morgan fingerprint density at radius 1 is 1.21 bits per heavy atom. The molecule has 3 heterocycles. The molecule has 156 valence electrons. The van der Waals surface area contributed by atoms with Gasteiger partial charge in [0.2, 0.25) is 5.91 Å². The number of rotatable bonds is 4. The number of imidazole rings is 1. The van der Waals surface area contributed by atoms with Crippen molar-refractivity contribution in [2.24, 2.45) is 5.92 Å². The summed E-state index contributed by atoms with van der Waals surface area (Å²) in [5, 5.41) is 0. The molecule has 1 amide bonds. The maximum atomic E-state index is 13.2. The quantitative estimate of drug-likeness (QED) is 0.480. The van der Waals surface area contributed by atoms with Crippen molar-refractivity contribution in [2.75, 3.05) is 6.54 Å². The van der Waals surface area contributed by atoms with Crippen LogP contribution in [0.4, 0.5) is 13.2 Å². The first-order valence-electron chi connectivity index (χ1n) is 9.23. The van der Waals surface area contributed by atoms with Crippen molar-refractivity contribution in [3.8, 4) is 0 Å². The number of alkyl halides is 3. The van der Waals surface area contributed by atoms with Crippen LogP contribution in [0.25, 0.3) is 11.0 Å². The molecule has 9 nitrogen and oxygen atoms in total. The van der Waals surface area contributed by atoms with Crippen molar-refractivity contribution in [3.63, 3.8) is 0 Å². The van der Waals surface area contributed by atoms with Gasteiger partial charge in [0.05, 0.1) is 22.9 Å². The highest BCUT2D eigenvalue weighted by atomic mass is 19.4. The summed E-state index contributed by atoms with van der Waals surface area (Å²) in [6, 6.07) is 1.74. The molecule has 2 fully saturated rings. The minimum atomic E-state index is -4.59. The van der Waals surface area contributed by atoms with E-state index in [4.69, 9.17) is 0 Å². The van der Waals surface area contributed by atoms with E-state index in [1.807, 2.05) is 0 Å². The average molecular weight is 411 g/mol. The molecule has 2 aliphatic heterocycles. The van der Waals surface area contributed by atoms with Crippen LogP contribution in [0.1, 0.15) is 41.6 Å². The number of Topliss-reactive ketones (excluding diaryl/α,β-unsaturated/α-hetero) is 1. The molecular formula is C17H20F3N7O2. The van der Waals surface area contributed by atoms with Gasteiger partial charge in [0.25, 0.3) is 0 Å². The second-order valence-electron chi connectivity index (χ2n) is 7.11. The second kappa shape index (κ2) is 7.71. The maximum absolute atomic E-state index is 13.2. The Kier molecular flexibility index (Phi) is 5.25. The summed E-state index contributed by atoms with van der Waals surface area (Å²) in [6.07, 6.45) is -1.99. The van der Waals surface area contributed by atoms with Gasteiger partial charge in [-0.25, -0.2) is 15.8 Å². The number of amides is 1. The zero-order valence-electron chi connectivity index (χ0n) is 15.3. The van der Waals surface area contributed by atoms with Crippen molar-refractivity contribution in [1.29, 1.82) is 0 Å². The third kappa shape index (κ3) is 3.96. The number of hydrogen-bond donors (Lipinski definition) is 5. The molecule has 5 N–H and O–H groups in total. The van der Waals surface area contributed by atoms with Gasteiger partial charge in [0.1, 0.15) is 0 Å². The summed E-state index contributed by atoms with van der Waals surface area (Å²) in [7, 11) is 0. The molecular weight excluding hydrogens is 391 g/mol. The summed E-state index contributed by atoms with van der Waals surface area (Å²) < 4.78 is 39.7. The molecule has 0 bridgehead atoms. The van der Waals surface area contributed by atoms with Gasteiger partial charge < -0.3 is 9.88 Å². The molecule has 2 aromatic rings. The first-order chi connectivity index (χ1) is 13.8. The van der Waals surface area contributed by atoms with Gasteiger partial charge in [-0.3, -0.25) is 9.59 Å². The van der Waals surface area contributed by atoms with Gasteiger partial charge in [0.15, 0.2) is 12.1 Å². The number of nitrogens with one attached hydrogen (secondary N) is 5. The van der Waals surface area contributed by atoms with Crippen LogP contribution in [0, 0.1) is 5.92 Å². The minimum absolute atomic E-state index is 0.125. The van der Waals surface area contributed by atoms with Crippen molar-refractivity contribution < 1.29 is 22.8 Å². The van der Waals surface area contributed by atoms with Gasteiger partial charge in [0, 0.05) is 24.4 Å². The van der Waals surface area contributed by atoms with E-state index >= 15 is 0 Å². The Bertz CT molecular complexity index is 923. The number of hydrazine groups is 3. The van der Waals surface area contributed by atoms with E-state index in [-0.39, 0.29) is 28.9 Å². The number of benzene rings is 1. The number of ketones is 1. The molecule has 0 radical (unpaired) electrons. The van der Waals surface area contributed by atoms with Crippen LogP contribution >= 0.6 is 0 Å². The average Bonchev–Trinajstić information content (AvgIpc) is 3.33. The number of halogens is 3. The second-order valence-corrected chi connectivity index (χ2v) is 7.11. The number of hydrogen-bond acceptors (Lipinski definition) is 7. The molecule has 29 heavy (non-hydrogen) atoms. The van der Waals surface area contributed by atoms with Gasteiger partial charge >= 0.3 is 6.18 Å². The Morgan fingerprint density at radius 3 is 2.69 bits per heavy atom. The molecule has 0 saturated carbocycles. The van der Waals surface area contributed by atoms with Crippen LogP contribution in [0.5, 0.6) is 0 Å². The first kappa shape index (κ1) is 19.8. The van der Waals surface area contributed by atoms with Crippen LogP contribution in [0.2, 0.25) is 0 Å². The number of likely N-dealkylation sites (tertiary alicyclic amines) is 1. The number of aromatic nitrogens is 2. The Hall–Kier alpha value is -2.54. The SMILES string of the molecule is O=C(C[C@H]1CCCCN(C2NNNN2)C1=O)c1cc(C(F)(F)F)cc2[nH]cnc12. The minimum Gasteiger partial charge on any atom is -0.345 e. The maximum Gasteiger partial charge on any atom is 0.416 e. The van der Waals surface area contributed by atoms with Crippen LogP contribution in [0.15, 0.2) is 18.5 Å². The first-order valence-corrected chi connectivity index (χ1v) is 9.23. The molecule has 1 aromatic carbocycles. The van der Waals surface area contributed by atoms with Crippen molar-refractivity contribution in [1.82, 2.24) is 36.8 Å². The molecule has 1 atom stereocenters. The fourth-order valence-electron chi connectivity index (χ4n) is 3.75. The molecule has 4 rings (SSSR count). The predicted molar refractivity (Wildman–Crippen MR) is 95.4 cm³/mol. The Morgan fingerprint density at radius 2 is 1.97 bits per heavy atom. The van der Waals surface area contributed by atoms with Gasteiger partial charge in [-0.15, -0.1) is 0 Å². The highest BCUT2D eigenvalue weighted by molar-refractivity contribution is 6.07. The van der Waals surface area contributed by atoms with E-state index in [2.05, 4.69) is 31.9 Å². The summed E-state index contributed by atoms with van der Waals surface area (Å²) in [4.78, 5) is 34.1. The predicted octanol–water partition coefficient (Wildman–Crippen LogP) is 1.18. The zero-order valence-corrected chi connectivity index (χ0v) is 15.3. The summed E-state index contributed by atoms with van der Waals surface area (Å²) >= 11 is 0. The van der Waals surface area contributed by atoms with Gasteiger partial charge in [-0.1, -0.05) is 6.42 Å². The highest BCUT2D eigenvalue weighted by Crippen LogP contribution is 2.33. The molecule has 0 spiro atoms. The molecule has 0 unspecified atom stereocenters. The Labute approximate surface area is 163 Å². The molecule has 0 aliphatic carbocycles. The third-order valence-corrected chi connectivity index (χ3v) is 5.21. The summed E-state index contributed by atoms with van der Waals surface area (Å²) in [5.74, 6) is -1.37. The largest absolute Gasteiger partial charge is 0.416 e. The van der Waals surface area contributed by atoms with Crippen LogP contribution in [-0.4, -0.2) is 39.4 Å². The highest BCUT2D eigenvalue weighted by Gasteiger charge is 2.36. The van der Waals surface area contributed by atoms with Crippen molar-refractivity contribution >= 4 is 22.7 Å². The fourth-order valence-corrected chi connectivity index (χ4v) is 3.75. The lowest BCUT2D eigenvalue weighted by Crippen LogP contribution is -2.54. The van der Waals surface area contributed by atoms with E-state index < -0.39 is 29.7 Å². The molecule has 1 aromatic heterocycles. The zero-order chi connectivity index (χ0) is 20.6. The summed E-state index contributed by atoms with van der Waals surface area (Å²) in [6.45, 7) is 0.505. The van der Waals surface area contributed by atoms with Crippen molar-refractivity contribution in [3.05, 3.63) is 29.6 Å². The Balaban J connectivity index is 1.60. The van der Waals surface area contributed by atoms with Crippen LogP contribution in [0.3, 0.4) is 0 Å². The van der Waals surface area contributed by atoms with Crippen LogP contribution < -0.4 is 21.9 Å². The monoisotopic (exact) mass is 411 g/mol. The number of carbonyl (C=O) groups excluding carboxylic acids is 2. The van der Waals surface area contributed by atoms with E-state index in [0.29, 0.717) is 13.0 Å². The number of fused-ring (bicyclic) bond motifs is 1. The van der Waals surface area contributed by atoms with E-state index in [9.17, 15) is 22.8 Å². The fraction of sp³-hybridized carbons (Fsp3) is 0.471. The number of aromatic amines is 1. The van der Waals surface area contributed by atoms with E-state index in [1.165, 1.54) is 6.33 Å². The lowest BCUT2D eigenvalue weighted by Gasteiger charge is -2.28. The number of H-pyrrole nitrogens is 1. The standard InChI is InChI=1S/C17H20F3N7O2/c18-17(19,20)10-6-11(14-12(7-10)21-8-22-14)13(28)5-9-3-1-2-4-27(15(9)29)16-23-25-26-24-16/h6-9,16,23-26H,1-5H2,(H,21,22)/t9-/m1/s1. The van der Waals surface area contributed by atoms with Gasteiger partial charge in [-0.2, -0.15) is 24.2 Å². The van der Waals surface area contributed by atoms with E-state index in [0.717, 1.165) is 25.0 Å². The lowest BCUT2D eigenvalue weighted by molar-refractivity contribution is -0.138. The summed E-state index contributed by atoms with van der Waals surface area (Å²) in [5.41, 5.74) is 10.2. The van der Waals surface area contributed by atoms with E-state index in [1.54, 1.807) is 4.90 Å². The van der Waals surface area contributed by atoms with Crippen LogP contribution in [-0.2, 0) is 11.0 Å². The van der Waals surface area contributed by atoms with Gasteiger partial charge in [-0.05, 0) is 25.0 Å². The number of carbonyl (C=O) groups is 2. The smallest absolute Gasteiger partial charge is 0.345 e. The normalized spacial score (nSPS) is 21.7. The molecule has 2 saturated heterocycles. The topological polar surface area (TPSA) is 114 Å². The molecule has 12 heteroatoms. The third-order valence-electron chi connectivity index (χ3n) is 5.21. The number of nitrogens with zero attached hydrogens (tertiary/aromatic N) is 2.